The van der Waals surface area contributed by atoms with Crippen molar-refractivity contribution in [2.45, 2.75) is 146 Å². The smallest absolute Gasteiger partial charge is 0.248 e. The zero-order valence-electron chi connectivity index (χ0n) is 55.7. The van der Waals surface area contributed by atoms with E-state index in [-0.39, 0.29) is 37.1 Å². The molecule has 0 N–H and O–H groups in total. The lowest BCUT2D eigenvalue weighted by Crippen LogP contribution is -2.60. The Morgan fingerprint density at radius 1 is 0.278 bits per heavy atom. The highest BCUT2D eigenvalue weighted by atomic mass is 15.2. The Kier molecular flexibility index (Phi) is 12.9. The maximum absolute atomic E-state index is 2.77. The molecule has 0 spiro atoms. The minimum absolute atomic E-state index is 0.0281. The predicted octanol–water partition coefficient (Wildman–Crippen LogP) is 20.5. The summed E-state index contributed by atoms with van der Waals surface area (Å²) < 4.78 is 0. The normalized spacial score (nSPS) is 13.6. The van der Waals surface area contributed by atoms with Crippen LogP contribution in [0.2, 0.25) is 0 Å². The number of nitrogens with zero attached hydrogens (tertiary/aromatic N) is 2. The van der Waals surface area contributed by atoms with E-state index >= 15 is 0 Å². The summed E-state index contributed by atoms with van der Waals surface area (Å²) in [5.74, 6) is 1.89. The fourth-order valence-electron chi connectivity index (χ4n) is 17.2. The number of anilines is 6. The van der Waals surface area contributed by atoms with Crippen molar-refractivity contribution in [3.63, 3.8) is 0 Å². The molecule has 0 bridgehead atoms. The van der Waals surface area contributed by atoms with E-state index in [4.69, 9.17) is 0 Å². The highest BCUT2D eigenvalue weighted by molar-refractivity contribution is 7.02. The number of hydrogen-bond donors (Lipinski definition) is 0. The maximum atomic E-state index is 2.77. The molecule has 442 valence electrons. The minimum atomic E-state index is -0.0281. The Morgan fingerprint density at radius 3 is 0.956 bits per heavy atom. The number of para-hydroxylation sites is 2. The van der Waals surface area contributed by atoms with E-state index in [1.54, 1.807) is 0 Å². The first kappa shape index (κ1) is 56.6. The molecule has 12 aromatic rings. The van der Waals surface area contributed by atoms with Crippen molar-refractivity contribution in [3.8, 4) is 44.5 Å². The number of aryl methyl sites for hydroxylation is 4. The van der Waals surface area contributed by atoms with E-state index in [9.17, 15) is 0 Å². The molecular weight excluding hydrogens is 1080 g/mol. The van der Waals surface area contributed by atoms with Gasteiger partial charge >= 0.3 is 0 Å². The quantitative estimate of drug-likeness (QED) is 0.0995. The van der Waals surface area contributed by atoms with Crippen LogP contribution in [-0.2, 0) is 0 Å². The molecule has 0 radical (unpaired) electrons. The predicted molar refractivity (Wildman–Crippen MR) is 394 cm³/mol. The summed E-state index contributed by atoms with van der Waals surface area (Å²) in [5, 5.41) is 8.40. The lowest BCUT2D eigenvalue weighted by Gasteiger charge is -2.43. The molecule has 4 aliphatic heterocycles. The summed E-state index contributed by atoms with van der Waals surface area (Å²) in [6, 6.07) is 68.5. The molecule has 0 aromatic heterocycles. The minimum Gasteiger partial charge on any atom is -0.311 e. The van der Waals surface area contributed by atoms with Crippen molar-refractivity contribution in [2.24, 2.45) is 0 Å². The summed E-state index contributed by atoms with van der Waals surface area (Å²) >= 11 is 0. The summed E-state index contributed by atoms with van der Waals surface area (Å²) in [6.45, 7) is 38.2. The SMILES string of the molecule is Cc1ccc2c(c1)N(c1ccccc1)c1cc(C)cc3c1B2c1cc2c(-c4c(C(C)C)cc(C(C)C)cc4C(C)C)cc4c5c(cc6c(-c7c(C(C)C)cc(C(C)C)cc7C(C)C)cc-3c1c6c25)B1c2ccc(C)cc2N(c2ccccc2)c2cc(C)cc-4c21. The van der Waals surface area contributed by atoms with Crippen molar-refractivity contribution < 1.29 is 0 Å². The molecule has 2 nitrogen and oxygen atoms in total. The molecular formula is C86H82B2N2. The number of benzene rings is 12. The standard InChI is InChI=1S/C86H82B2N2/c1-45(2)55-37-59(47(5)6)79(60(38-55)48(7)8)63-41-65-69-31-53(15)35-77-85(69)88(72-30-28-52(14)34-76(72)89(77)57-23-19-17-20-24-57)74-44-68-64(80-61(49(9)10)39-56(46(3)4)40-62(80)50(11)12)42-66-70-32-54(16)36-78-86(70)87(73-43-67(63)83(81(65)74)84(68)82(66)73)71-29-27-51(13)33-75(71)90(78)58-25-21-18-22-26-58/h17-50H,1-16H3. The molecule has 4 heterocycles. The van der Waals surface area contributed by atoms with Gasteiger partial charge in [-0.05, 0) is 278 Å². The molecule has 0 saturated carbocycles. The van der Waals surface area contributed by atoms with E-state index < -0.39 is 0 Å². The van der Waals surface area contributed by atoms with Gasteiger partial charge in [0, 0.05) is 34.1 Å². The van der Waals surface area contributed by atoms with Crippen molar-refractivity contribution >= 4 is 113 Å². The third kappa shape index (κ3) is 8.11. The van der Waals surface area contributed by atoms with E-state index in [0.29, 0.717) is 11.8 Å². The lowest BCUT2D eigenvalue weighted by atomic mass is 9.31. The van der Waals surface area contributed by atoms with Crippen LogP contribution >= 0.6 is 0 Å². The third-order valence-corrected chi connectivity index (χ3v) is 21.3. The topological polar surface area (TPSA) is 6.48 Å². The van der Waals surface area contributed by atoms with Gasteiger partial charge in [0.15, 0.2) is 0 Å². The molecule has 90 heavy (non-hydrogen) atoms. The van der Waals surface area contributed by atoms with E-state index in [2.05, 4.69) is 290 Å². The van der Waals surface area contributed by atoms with Gasteiger partial charge in [-0.25, -0.2) is 0 Å². The fourth-order valence-corrected chi connectivity index (χ4v) is 17.2. The van der Waals surface area contributed by atoms with Crippen LogP contribution in [0.25, 0.3) is 76.8 Å². The van der Waals surface area contributed by atoms with Gasteiger partial charge in [-0.3, -0.25) is 0 Å². The second kappa shape index (κ2) is 20.5. The van der Waals surface area contributed by atoms with E-state index in [1.165, 1.54) is 199 Å². The number of rotatable bonds is 10. The van der Waals surface area contributed by atoms with Crippen LogP contribution in [0.4, 0.5) is 34.1 Å². The van der Waals surface area contributed by atoms with E-state index in [1.807, 2.05) is 0 Å². The van der Waals surface area contributed by atoms with Crippen LogP contribution in [0.3, 0.4) is 0 Å². The third-order valence-electron chi connectivity index (χ3n) is 21.3. The van der Waals surface area contributed by atoms with Gasteiger partial charge in [-0.15, -0.1) is 0 Å². The molecule has 0 saturated heterocycles. The lowest BCUT2D eigenvalue weighted by molar-refractivity contribution is 0.807. The first-order valence-corrected chi connectivity index (χ1v) is 33.7. The Bertz CT molecular complexity index is 4650. The molecule has 0 fully saturated rings. The first-order valence-electron chi connectivity index (χ1n) is 33.7. The average Bonchev–Trinajstić information content (AvgIpc) is 0.668. The monoisotopic (exact) mass is 1160 g/mol. The fraction of sp³-hybridized carbons (Fsp3) is 0.256. The highest BCUT2D eigenvalue weighted by Gasteiger charge is 2.46. The van der Waals surface area contributed by atoms with Crippen LogP contribution in [0.5, 0.6) is 0 Å². The van der Waals surface area contributed by atoms with E-state index in [0.717, 1.165) is 0 Å². The molecule has 0 atom stereocenters. The van der Waals surface area contributed by atoms with Crippen molar-refractivity contribution in [2.75, 3.05) is 9.80 Å². The average molecular weight is 1170 g/mol. The summed E-state index contributed by atoms with van der Waals surface area (Å²) in [6.07, 6.45) is 0. The maximum Gasteiger partial charge on any atom is 0.248 e. The Labute approximate surface area is 535 Å². The van der Waals surface area contributed by atoms with Gasteiger partial charge in [-0.2, -0.15) is 0 Å². The first-order chi connectivity index (χ1) is 43.3. The van der Waals surface area contributed by atoms with Gasteiger partial charge < -0.3 is 9.80 Å². The molecule has 4 heteroatoms. The second-order valence-corrected chi connectivity index (χ2v) is 29.4. The summed E-state index contributed by atoms with van der Waals surface area (Å²) in [4.78, 5) is 5.19. The molecule has 0 unspecified atom stereocenters. The molecule has 0 aliphatic carbocycles. The van der Waals surface area contributed by atoms with Crippen molar-refractivity contribution in [1.82, 2.24) is 0 Å². The molecule has 4 aliphatic rings. The van der Waals surface area contributed by atoms with Gasteiger partial charge in [0.05, 0.1) is 0 Å². The van der Waals surface area contributed by atoms with Crippen LogP contribution in [-0.4, -0.2) is 13.4 Å². The molecule has 0 amide bonds. The van der Waals surface area contributed by atoms with Gasteiger partial charge in [0.25, 0.3) is 0 Å². The van der Waals surface area contributed by atoms with Gasteiger partial charge in [0.2, 0.25) is 13.4 Å². The van der Waals surface area contributed by atoms with Crippen LogP contribution in [0.1, 0.15) is 174 Å². The van der Waals surface area contributed by atoms with Crippen LogP contribution in [0, 0.1) is 27.7 Å². The number of fused-ring (bicyclic) bond motifs is 8. The molecule has 12 aromatic carbocycles. The number of hydrogen-bond acceptors (Lipinski definition) is 2. The van der Waals surface area contributed by atoms with Crippen LogP contribution in [0.15, 0.2) is 170 Å². The summed E-state index contributed by atoms with van der Waals surface area (Å²) in [5.41, 5.74) is 40.5. The Balaban J connectivity index is 1.18. The Morgan fingerprint density at radius 2 is 0.622 bits per heavy atom. The highest BCUT2D eigenvalue weighted by Crippen LogP contribution is 2.55. The van der Waals surface area contributed by atoms with Gasteiger partial charge in [-0.1, -0.05) is 203 Å². The van der Waals surface area contributed by atoms with Crippen molar-refractivity contribution in [3.05, 3.63) is 225 Å². The largest absolute Gasteiger partial charge is 0.311 e. The second-order valence-electron chi connectivity index (χ2n) is 29.4. The zero-order chi connectivity index (χ0) is 62.4. The summed E-state index contributed by atoms with van der Waals surface area (Å²) in [7, 11) is 0. The van der Waals surface area contributed by atoms with Crippen molar-refractivity contribution in [1.29, 1.82) is 0 Å². The Hall–Kier alpha value is -8.59. The zero-order valence-corrected chi connectivity index (χ0v) is 55.7. The van der Waals surface area contributed by atoms with Gasteiger partial charge in [0.1, 0.15) is 0 Å². The van der Waals surface area contributed by atoms with Crippen LogP contribution < -0.4 is 42.6 Å². The molecule has 16 rings (SSSR count).